The molecule has 2 amide bonds. The number of morpholine rings is 1. The average Bonchev–Trinajstić information content (AvgIpc) is 2.42. The summed E-state index contributed by atoms with van der Waals surface area (Å²) in [6.45, 7) is 1.46. The van der Waals surface area contributed by atoms with Crippen LogP contribution < -0.4 is 11.1 Å². The van der Waals surface area contributed by atoms with E-state index in [1.165, 1.54) is 11.0 Å². The molecule has 0 aromatic heterocycles. The molecular weight excluding hydrogens is 256 g/mol. The highest BCUT2D eigenvalue weighted by Crippen LogP contribution is 2.16. The molecule has 1 aromatic carbocycles. The van der Waals surface area contributed by atoms with E-state index < -0.39 is 17.7 Å². The second-order valence-corrected chi connectivity index (χ2v) is 4.23. The van der Waals surface area contributed by atoms with Gasteiger partial charge in [-0.3, -0.25) is 0 Å². The fourth-order valence-electron chi connectivity index (χ4n) is 1.83. The van der Waals surface area contributed by atoms with Crippen molar-refractivity contribution in [3.63, 3.8) is 0 Å². The molecule has 1 atom stereocenters. The lowest BCUT2D eigenvalue weighted by Gasteiger charge is -2.32. The largest absolute Gasteiger partial charge is 0.373 e. The number of nitrogens with two attached hydrogens (primary N) is 1. The van der Waals surface area contributed by atoms with Crippen molar-refractivity contribution in [2.45, 2.75) is 6.10 Å². The van der Waals surface area contributed by atoms with Crippen LogP contribution in [-0.4, -0.2) is 43.3 Å². The highest BCUT2D eigenvalue weighted by molar-refractivity contribution is 5.89. The first-order chi connectivity index (χ1) is 9.10. The zero-order valence-electron chi connectivity index (χ0n) is 10.2. The Kier molecular flexibility index (Phi) is 4.28. The maximum atomic E-state index is 13.4. The van der Waals surface area contributed by atoms with Crippen molar-refractivity contribution in [2.24, 2.45) is 5.73 Å². The van der Waals surface area contributed by atoms with Crippen molar-refractivity contribution in [1.29, 1.82) is 0 Å². The molecule has 1 fully saturated rings. The van der Waals surface area contributed by atoms with Crippen LogP contribution in [0.5, 0.6) is 0 Å². The van der Waals surface area contributed by atoms with Gasteiger partial charge >= 0.3 is 6.03 Å². The molecular formula is C12H15F2N3O2. The second-order valence-electron chi connectivity index (χ2n) is 4.23. The van der Waals surface area contributed by atoms with Gasteiger partial charge in [0.15, 0.2) is 0 Å². The first-order valence-electron chi connectivity index (χ1n) is 5.93. The second kappa shape index (κ2) is 5.94. The van der Waals surface area contributed by atoms with Crippen LogP contribution in [0.1, 0.15) is 0 Å². The molecule has 1 unspecified atom stereocenters. The van der Waals surface area contributed by atoms with E-state index >= 15 is 0 Å². The Morgan fingerprint density at radius 1 is 1.53 bits per heavy atom. The topological polar surface area (TPSA) is 67.6 Å². The molecule has 19 heavy (non-hydrogen) atoms. The van der Waals surface area contributed by atoms with E-state index in [0.717, 1.165) is 12.1 Å². The van der Waals surface area contributed by atoms with Crippen LogP contribution in [0.25, 0.3) is 0 Å². The van der Waals surface area contributed by atoms with Gasteiger partial charge in [-0.05, 0) is 12.1 Å². The number of nitrogens with zero attached hydrogens (tertiary/aromatic N) is 1. The molecule has 0 saturated carbocycles. The van der Waals surface area contributed by atoms with Crippen molar-refractivity contribution in [2.75, 3.05) is 31.6 Å². The number of hydrogen-bond acceptors (Lipinski definition) is 3. The molecule has 0 radical (unpaired) electrons. The molecule has 3 N–H and O–H groups in total. The minimum absolute atomic E-state index is 0.0535. The van der Waals surface area contributed by atoms with Crippen LogP contribution in [-0.2, 0) is 4.74 Å². The number of nitrogens with one attached hydrogen (secondary N) is 1. The summed E-state index contributed by atoms with van der Waals surface area (Å²) in [5.74, 6) is -1.50. The van der Waals surface area contributed by atoms with Gasteiger partial charge in [-0.1, -0.05) is 0 Å². The summed E-state index contributed by atoms with van der Waals surface area (Å²) in [6, 6.07) is 2.54. The first kappa shape index (κ1) is 13.7. The van der Waals surface area contributed by atoms with Crippen molar-refractivity contribution >= 4 is 11.7 Å². The summed E-state index contributed by atoms with van der Waals surface area (Å²) in [5, 5.41) is 2.40. The molecule has 0 aliphatic carbocycles. The normalized spacial score (nSPS) is 19.3. The number of amides is 2. The number of rotatable bonds is 2. The van der Waals surface area contributed by atoms with Crippen LogP contribution >= 0.6 is 0 Å². The fraction of sp³-hybridized carbons (Fsp3) is 0.417. The summed E-state index contributed by atoms with van der Waals surface area (Å²) in [6.07, 6.45) is -0.211. The van der Waals surface area contributed by atoms with Gasteiger partial charge in [0.1, 0.15) is 11.6 Å². The van der Waals surface area contributed by atoms with E-state index in [4.69, 9.17) is 10.5 Å². The Balaban J connectivity index is 2.00. The average molecular weight is 271 g/mol. The van der Waals surface area contributed by atoms with Gasteiger partial charge in [0, 0.05) is 25.7 Å². The zero-order valence-corrected chi connectivity index (χ0v) is 10.2. The molecule has 1 aromatic rings. The van der Waals surface area contributed by atoms with Gasteiger partial charge in [-0.15, -0.1) is 0 Å². The summed E-state index contributed by atoms with van der Waals surface area (Å²) in [7, 11) is 0. The molecule has 1 saturated heterocycles. The molecule has 1 aliphatic rings. The van der Waals surface area contributed by atoms with E-state index in [9.17, 15) is 13.6 Å². The Labute approximate surface area is 109 Å². The predicted octanol–water partition coefficient (Wildman–Crippen LogP) is 1.16. The third-order valence-corrected chi connectivity index (χ3v) is 2.86. The highest BCUT2D eigenvalue weighted by atomic mass is 19.1. The van der Waals surface area contributed by atoms with Crippen molar-refractivity contribution in [3.8, 4) is 0 Å². The van der Waals surface area contributed by atoms with Crippen LogP contribution in [0.3, 0.4) is 0 Å². The predicted molar refractivity (Wildman–Crippen MR) is 65.7 cm³/mol. The van der Waals surface area contributed by atoms with Gasteiger partial charge < -0.3 is 20.7 Å². The van der Waals surface area contributed by atoms with E-state index in [1.807, 2.05) is 0 Å². The maximum Gasteiger partial charge on any atom is 0.322 e. The zero-order chi connectivity index (χ0) is 13.8. The summed E-state index contributed by atoms with van der Waals surface area (Å²) < 4.78 is 31.5. The van der Waals surface area contributed by atoms with Crippen molar-refractivity contribution in [3.05, 3.63) is 29.8 Å². The number of ether oxygens (including phenoxy) is 1. The van der Waals surface area contributed by atoms with Gasteiger partial charge in [-0.2, -0.15) is 0 Å². The molecule has 0 bridgehead atoms. The third kappa shape index (κ3) is 3.39. The summed E-state index contributed by atoms with van der Waals surface area (Å²) in [4.78, 5) is 13.4. The number of hydrogen-bond donors (Lipinski definition) is 2. The highest BCUT2D eigenvalue weighted by Gasteiger charge is 2.23. The van der Waals surface area contributed by atoms with E-state index in [2.05, 4.69) is 5.32 Å². The summed E-state index contributed by atoms with van der Waals surface area (Å²) in [5.41, 5.74) is 5.42. The van der Waals surface area contributed by atoms with Crippen molar-refractivity contribution in [1.82, 2.24) is 4.90 Å². The smallest absolute Gasteiger partial charge is 0.322 e. The SMILES string of the molecule is NCC1CN(C(=O)Nc2ccc(F)cc2F)CCO1. The van der Waals surface area contributed by atoms with E-state index in [0.29, 0.717) is 26.2 Å². The van der Waals surface area contributed by atoms with Gasteiger partial charge in [-0.25, -0.2) is 13.6 Å². The van der Waals surface area contributed by atoms with E-state index in [1.54, 1.807) is 0 Å². The quantitative estimate of drug-likeness (QED) is 0.848. The molecule has 104 valence electrons. The van der Waals surface area contributed by atoms with Crippen LogP contribution in [0.2, 0.25) is 0 Å². The Morgan fingerprint density at radius 2 is 2.32 bits per heavy atom. The third-order valence-electron chi connectivity index (χ3n) is 2.86. The number of benzene rings is 1. The van der Waals surface area contributed by atoms with Gasteiger partial charge in [0.2, 0.25) is 0 Å². The molecule has 0 spiro atoms. The Morgan fingerprint density at radius 3 is 3.00 bits per heavy atom. The Hall–Kier alpha value is -1.73. The van der Waals surface area contributed by atoms with Crippen LogP contribution in [0.4, 0.5) is 19.3 Å². The number of urea groups is 1. The summed E-state index contributed by atoms with van der Waals surface area (Å²) >= 11 is 0. The minimum atomic E-state index is -0.808. The number of halogens is 2. The molecule has 7 heteroatoms. The minimum Gasteiger partial charge on any atom is -0.373 e. The first-order valence-corrected chi connectivity index (χ1v) is 5.93. The van der Waals surface area contributed by atoms with E-state index in [-0.39, 0.29) is 11.8 Å². The van der Waals surface area contributed by atoms with Crippen LogP contribution in [0.15, 0.2) is 18.2 Å². The lowest BCUT2D eigenvalue weighted by atomic mass is 10.2. The lowest BCUT2D eigenvalue weighted by molar-refractivity contribution is -0.00661. The molecule has 2 rings (SSSR count). The fourth-order valence-corrected chi connectivity index (χ4v) is 1.83. The van der Waals surface area contributed by atoms with Gasteiger partial charge in [0.25, 0.3) is 0 Å². The molecule has 1 aliphatic heterocycles. The van der Waals surface area contributed by atoms with Gasteiger partial charge in [0.05, 0.1) is 18.4 Å². The maximum absolute atomic E-state index is 13.4. The Bertz CT molecular complexity index is 470. The lowest BCUT2D eigenvalue weighted by Crippen LogP contribution is -2.49. The standard InChI is InChI=1S/C12H15F2N3O2/c13-8-1-2-11(10(14)5-8)16-12(18)17-3-4-19-9(6-15)7-17/h1-2,5,9H,3-4,6-7,15H2,(H,16,18). The number of anilines is 1. The molecule has 5 nitrogen and oxygen atoms in total. The number of carbonyl (C=O) groups excluding carboxylic acids is 1. The monoisotopic (exact) mass is 271 g/mol. The van der Waals surface area contributed by atoms with Crippen LogP contribution in [0, 0.1) is 11.6 Å². The molecule has 1 heterocycles. The van der Waals surface area contributed by atoms with Crippen molar-refractivity contribution < 1.29 is 18.3 Å². The number of carbonyl (C=O) groups is 1.